The van der Waals surface area contributed by atoms with Crippen LogP contribution in [0.4, 0.5) is 5.13 Å². The van der Waals surface area contributed by atoms with Gasteiger partial charge in [-0.25, -0.2) is 4.98 Å². The number of carbonyl (C=O) groups is 2. The molecule has 2 heterocycles. The van der Waals surface area contributed by atoms with Crippen LogP contribution in [0.15, 0.2) is 90.2 Å². The second kappa shape index (κ2) is 9.97. The first-order valence-electron chi connectivity index (χ1n) is 11.3. The van der Waals surface area contributed by atoms with Crippen LogP contribution in [-0.4, -0.2) is 28.4 Å². The molecule has 0 spiro atoms. The quantitative estimate of drug-likeness (QED) is 0.282. The third-order valence-electron chi connectivity index (χ3n) is 5.75. The molecule has 0 fully saturated rings. The van der Waals surface area contributed by atoms with Gasteiger partial charge < -0.3 is 9.84 Å². The number of thiazole rings is 1. The van der Waals surface area contributed by atoms with Gasteiger partial charge in [-0.2, -0.15) is 0 Å². The zero-order chi connectivity index (χ0) is 25.2. The number of benzene rings is 3. The van der Waals surface area contributed by atoms with Crippen LogP contribution in [0.25, 0.3) is 16.3 Å². The number of aromatic nitrogens is 1. The van der Waals surface area contributed by atoms with Crippen LogP contribution in [0.3, 0.4) is 0 Å². The Morgan fingerprint density at radius 2 is 1.89 bits per heavy atom. The number of ketones is 1. The van der Waals surface area contributed by atoms with Gasteiger partial charge in [0.05, 0.1) is 28.4 Å². The Morgan fingerprint density at radius 3 is 2.61 bits per heavy atom. The van der Waals surface area contributed by atoms with Crippen molar-refractivity contribution in [3.63, 3.8) is 0 Å². The molecule has 1 unspecified atom stereocenters. The van der Waals surface area contributed by atoms with Crippen molar-refractivity contribution in [1.82, 2.24) is 4.98 Å². The zero-order valence-electron chi connectivity index (χ0n) is 19.2. The molecule has 1 aliphatic rings. The summed E-state index contributed by atoms with van der Waals surface area (Å²) in [7, 11) is 0. The highest BCUT2D eigenvalue weighted by Crippen LogP contribution is 2.44. The molecule has 1 atom stereocenters. The molecule has 0 saturated carbocycles. The molecule has 1 aliphatic heterocycles. The molecular formula is C28H21ClN2O4S. The minimum Gasteiger partial charge on any atom is -0.503 e. The number of anilines is 1. The van der Waals surface area contributed by atoms with Crippen molar-refractivity contribution in [3.8, 4) is 5.75 Å². The van der Waals surface area contributed by atoms with Crippen molar-refractivity contribution in [2.75, 3.05) is 11.5 Å². The van der Waals surface area contributed by atoms with Gasteiger partial charge in [0, 0.05) is 5.02 Å². The molecule has 1 aromatic heterocycles. The summed E-state index contributed by atoms with van der Waals surface area (Å²) in [4.78, 5) is 32.7. The second-order valence-corrected chi connectivity index (χ2v) is 9.50. The van der Waals surface area contributed by atoms with Crippen molar-refractivity contribution in [2.45, 2.75) is 13.0 Å². The SMILES string of the molecule is CCOc1ccc2nc(N3C(=O)C(O)=C(C(=O)/C=C/c4ccccc4)C3c3ccc(Cl)cc3)sc2c1. The largest absolute Gasteiger partial charge is 0.503 e. The van der Waals surface area contributed by atoms with Crippen LogP contribution in [0.1, 0.15) is 24.1 Å². The molecule has 36 heavy (non-hydrogen) atoms. The fourth-order valence-corrected chi connectivity index (χ4v) is 5.24. The van der Waals surface area contributed by atoms with E-state index in [9.17, 15) is 14.7 Å². The number of halogens is 1. The Kier molecular flexibility index (Phi) is 6.59. The highest BCUT2D eigenvalue weighted by atomic mass is 35.5. The van der Waals surface area contributed by atoms with E-state index >= 15 is 0 Å². The summed E-state index contributed by atoms with van der Waals surface area (Å²) in [5.74, 6) is -1.04. The molecule has 180 valence electrons. The van der Waals surface area contributed by atoms with Gasteiger partial charge in [-0.3, -0.25) is 14.5 Å². The maximum absolute atomic E-state index is 13.3. The van der Waals surface area contributed by atoms with E-state index in [2.05, 4.69) is 4.98 Å². The second-order valence-electron chi connectivity index (χ2n) is 8.06. The molecule has 5 rings (SSSR count). The molecular weight excluding hydrogens is 496 g/mol. The lowest BCUT2D eigenvalue weighted by Gasteiger charge is -2.24. The first kappa shape index (κ1) is 23.8. The molecule has 0 saturated heterocycles. The number of hydrogen-bond donors (Lipinski definition) is 1. The Morgan fingerprint density at radius 1 is 1.14 bits per heavy atom. The Balaban J connectivity index is 1.58. The minimum absolute atomic E-state index is 0.0104. The van der Waals surface area contributed by atoms with Gasteiger partial charge in [-0.1, -0.05) is 71.5 Å². The van der Waals surface area contributed by atoms with Crippen molar-refractivity contribution < 1.29 is 19.4 Å². The molecule has 0 bridgehead atoms. The standard InChI is InChI=1S/C28H21ClN2O4S/c1-2-35-20-13-14-21-23(16-20)36-28(30-21)31-25(18-9-11-19(29)12-10-18)24(26(33)27(31)34)22(32)15-8-17-6-4-3-5-7-17/h3-16,25,33H,2H2,1H3/b15-8+. The lowest BCUT2D eigenvalue weighted by Crippen LogP contribution is -2.30. The lowest BCUT2D eigenvalue weighted by atomic mass is 9.96. The number of aliphatic hydroxyl groups is 1. The van der Waals surface area contributed by atoms with E-state index in [4.69, 9.17) is 16.3 Å². The topological polar surface area (TPSA) is 79.7 Å². The number of fused-ring (bicyclic) bond motifs is 1. The van der Waals surface area contributed by atoms with Crippen molar-refractivity contribution in [2.24, 2.45) is 0 Å². The zero-order valence-corrected chi connectivity index (χ0v) is 20.8. The maximum atomic E-state index is 13.3. The summed E-state index contributed by atoms with van der Waals surface area (Å²) in [6.45, 7) is 2.43. The van der Waals surface area contributed by atoms with Gasteiger partial charge >= 0.3 is 0 Å². The van der Waals surface area contributed by atoms with Crippen molar-refractivity contribution in [1.29, 1.82) is 0 Å². The average Bonchev–Trinajstić information content (AvgIpc) is 3.42. The fourth-order valence-electron chi connectivity index (χ4n) is 4.09. The van der Waals surface area contributed by atoms with Crippen molar-refractivity contribution in [3.05, 3.63) is 106 Å². The van der Waals surface area contributed by atoms with Gasteiger partial charge in [0.25, 0.3) is 5.91 Å². The smallest absolute Gasteiger partial charge is 0.296 e. The van der Waals surface area contributed by atoms with Crippen molar-refractivity contribution >= 4 is 56.1 Å². The summed E-state index contributed by atoms with van der Waals surface area (Å²) in [5, 5.41) is 11.8. The van der Waals surface area contributed by atoms with Gasteiger partial charge in [-0.15, -0.1) is 0 Å². The highest BCUT2D eigenvalue weighted by molar-refractivity contribution is 7.22. The first-order chi connectivity index (χ1) is 17.5. The van der Waals surface area contributed by atoms with E-state index < -0.39 is 23.5 Å². The summed E-state index contributed by atoms with van der Waals surface area (Å²) in [6.07, 6.45) is 3.02. The number of amides is 1. The van der Waals surface area contributed by atoms with Crippen LogP contribution < -0.4 is 9.64 Å². The number of nitrogens with zero attached hydrogens (tertiary/aromatic N) is 2. The Hall–Kier alpha value is -3.94. The molecule has 6 nitrogen and oxygen atoms in total. The number of allylic oxidation sites excluding steroid dienone is 1. The Labute approximate surface area is 216 Å². The normalized spacial score (nSPS) is 15.9. The summed E-state index contributed by atoms with van der Waals surface area (Å²) < 4.78 is 6.41. The first-order valence-corrected chi connectivity index (χ1v) is 12.5. The average molecular weight is 517 g/mol. The number of aliphatic hydroxyl groups excluding tert-OH is 1. The fraction of sp³-hybridized carbons (Fsp3) is 0.107. The third-order valence-corrected chi connectivity index (χ3v) is 7.02. The van der Waals surface area contributed by atoms with Crippen LogP contribution in [0.5, 0.6) is 5.75 Å². The number of hydrogen-bond acceptors (Lipinski definition) is 6. The summed E-state index contributed by atoms with van der Waals surface area (Å²) in [5.41, 5.74) is 2.13. The van der Waals surface area contributed by atoms with E-state index in [-0.39, 0.29) is 5.57 Å². The molecule has 1 N–H and O–H groups in total. The van der Waals surface area contributed by atoms with E-state index in [1.807, 2.05) is 55.5 Å². The highest BCUT2D eigenvalue weighted by Gasteiger charge is 2.45. The van der Waals surface area contributed by atoms with Crippen LogP contribution >= 0.6 is 22.9 Å². The minimum atomic E-state index is -0.866. The Bertz CT molecular complexity index is 1510. The monoisotopic (exact) mass is 516 g/mol. The van der Waals surface area contributed by atoms with Crippen LogP contribution in [0, 0.1) is 0 Å². The summed E-state index contributed by atoms with van der Waals surface area (Å²) >= 11 is 7.38. The van der Waals surface area contributed by atoms with Gasteiger partial charge in [0.15, 0.2) is 16.7 Å². The molecule has 1 amide bonds. The van der Waals surface area contributed by atoms with E-state index in [0.717, 1.165) is 10.3 Å². The molecule has 4 aromatic rings. The molecule has 0 aliphatic carbocycles. The van der Waals surface area contributed by atoms with Gasteiger partial charge in [0.1, 0.15) is 5.75 Å². The van der Waals surface area contributed by atoms with E-state index in [1.165, 1.54) is 22.3 Å². The molecule has 3 aromatic carbocycles. The maximum Gasteiger partial charge on any atom is 0.296 e. The molecule has 8 heteroatoms. The third kappa shape index (κ3) is 4.51. The number of rotatable bonds is 7. The molecule has 0 radical (unpaired) electrons. The lowest BCUT2D eigenvalue weighted by molar-refractivity contribution is -0.117. The van der Waals surface area contributed by atoms with Crippen LogP contribution in [-0.2, 0) is 9.59 Å². The van der Waals surface area contributed by atoms with Crippen LogP contribution in [0.2, 0.25) is 5.02 Å². The summed E-state index contributed by atoms with van der Waals surface area (Å²) in [6, 6.07) is 20.8. The van der Waals surface area contributed by atoms with E-state index in [1.54, 1.807) is 30.3 Å². The van der Waals surface area contributed by atoms with Gasteiger partial charge in [-0.05, 0) is 54.5 Å². The predicted molar refractivity (Wildman–Crippen MR) is 143 cm³/mol. The number of carbonyl (C=O) groups excluding carboxylic acids is 2. The van der Waals surface area contributed by atoms with Gasteiger partial charge in [0.2, 0.25) is 0 Å². The predicted octanol–water partition coefficient (Wildman–Crippen LogP) is 6.53. The van der Waals surface area contributed by atoms with E-state index in [0.29, 0.717) is 33.6 Å². The number of ether oxygens (including phenoxy) is 1.